The highest BCUT2D eigenvalue weighted by atomic mass is 19.1. The number of ether oxygens (including phenoxy) is 2. The van der Waals surface area contributed by atoms with Gasteiger partial charge in [-0.3, -0.25) is 0 Å². The molecule has 28 heavy (non-hydrogen) atoms. The lowest BCUT2D eigenvalue weighted by molar-refractivity contribution is -0.146. The van der Waals surface area contributed by atoms with Gasteiger partial charge in [0.05, 0.1) is 6.61 Å². The Labute approximate surface area is 164 Å². The fraction of sp³-hybridized carbons (Fsp3) is 0.364. The van der Waals surface area contributed by atoms with Crippen LogP contribution in [0.25, 0.3) is 0 Å². The van der Waals surface area contributed by atoms with Gasteiger partial charge in [-0.2, -0.15) is 0 Å². The quantitative estimate of drug-likeness (QED) is 0.653. The number of hydrogen-bond acceptors (Lipinski definition) is 4. The van der Waals surface area contributed by atoms with Crippen LogP contribution in [-0.4, -0.2) is 24.7 Å². The van der Waals surface area contributed by atoms with E-state index in [-0.39, 0.29) is 25.5 Å². The molecule has 0 spiro atoms. The molecule has 2 rings (SSSR count). The summed E-state index contributed by atoms with van der Waals surface area (Å²) in [5.74, 6) is -0.510. The highest BCUT2D eigenvalue weighted by Crippen LogP contribution is 2.09. The molecule has 0 aliphatic rings. The summed E-state index contributed by atoms with van der Waals surface area (Å²) >= 11 is 0. The Kier molecular flexibility index (Phi) is 8.46. The second-order valence-corrected chi connectivity index (χ2v) is 6.94. The maximum Gasteiger partial charge on any atom is 0.408 e. The van der Waals surface area contributed by atoms with Crippen molar-refractivity contribution in [3.63, 3.8) is 0 Å². The third kappa shape index (κ3) is 7.78. The number of benzene rings is 2. The van der Waals surface area contributed by atoms with Crippen LogP contribution >= 0.6 is 0 Å². The Hall–Kier alpha value is -2.89. The largest absolute Gasteiger partial charge is 0.464 e. The van der Waals surface area contributed by atoms with E-state index in [0.29, 0.717) is 11.5 Å². The summed E-state index contributed by atoms with van der Waals surface area (Å²) in [6, 6.07) is 14.1. The van der Waals surface area contributed by atoms with Gasteiger partial charge in [0, 0.05) is 6.42 Å². The molecule has 1 atom stereocenters. The van der Waals surface area contributed by atoms with Crippen LogP contribution in [0.15, 0.2) is 54.6 Å². The number of nitrogens with one attached hydrogen (secondary N) is 1. The molecule has 0 aliphatic carbocycles. The van der Waals surface area contributed by atoms with Crippen molar-refractivity contribution < 1.29 is 23.5 Å². The molecular weight excluding hydrogens is 361 g/mol. The van der Waals surface area contributed by atoms with Crippen LogP contribution in [0.4, 0.5) is 9.18 Å². The minimum atomic E-state index is -0.916. The Morgan fingerprint density at radius 2 is 1.64 bits per heavy atom. The summed E-state index contributed by atoms with van der Waals surface area (Å²) in [6.07, 6.45) is 0.200. The number of hydrogen-bond donors (Lipinski definition) is 1. The number of rotatable bonds is 9. The minimum absolute atomic E-state index is 0.0956. The van der Waals surface area contributed by atoms with Crippen molar-refractivity contribution in [2.45, 2.75) is 39.3 Å². The molecule has 0 aromatic heterocycles. The van der Waals surface area contributed by atoms with Gasteiger partial charge in [-0.1, -0.05) is 56.3 Å². The summed E-state index contributed by atoms with van der Waals surface area (Å²) < 4.78 is 23.6. The number of halogens is 1. The van der Waals surface area contributed by atoms with Crippen molar-refractivity contribution in [2.75, 3.05) is 6.61 Å². The lowest BCUT2D eigenvalue weighted by atomic mass is 10.1. The highest BCUT2D eigenvalue weighted by molar-refractivity contribution is 5.81. The lowest BCUT2D eigenvalue weighted by Crippen LogP contribution is -2.43. The second kappa shape index (κ2) is 11.1. The van der Waals surface area contributed by atoms with Crippen LogP contribution in [-0.2, 0) is 27.3 Å². The fourth-order valence-electron chi connectivity index (χ4n) is 2.45. The fourth-order valence-corrected chi connectivity index (χ4v) is 2.45. The molecule has 0 heterocycles. The van der Waals surface area contributed by atoms with Crippen molar-refractivity contribution in [3.05, 3.63) is 71.5 Å². The molecule has 1 amide bonds. The lowest BCUT2D eigenvalue weighted by Gasteiger charge is -2.18. The van der Waals surface area contributed by atoms with E-state index in [4.69, 9.17) is 9.47 Å². The third-order valence-corrected chi connectivity index (χ3v) is 4.08. The molecule has 0 aliphatic heterocycles. The highest BCUT2D eigenvalue weighted by Gasteiger charge is 2.23. The zero-order valence-electron chi connectivity index (χ0n) is 16.2. The first kappa shape index (κ1) is 21.4. The Bertz CT molecular complexity index is 747. The minimum Gasteiger partial charge on any atom is -0.464 e. The molecule has 0 fully saturated rings. The molecule has 1 unspecified atom stereocenters. The van der Waals surface area contributed by atoms with E-state index < -0.39 is 18.1 Å². The molecule has 1 N–H and O–H groups in total. The van der Waals surface area contributed by atoms with Crippen LogP contribution in [0.5, 0.6) is 0 Å². The molecule has 0 radical (unpaired) electrons. The van der Waals surface area contributed by atoms with Gasteiger partial charge in [-0.25, -0.2) is 14.0 Å². The maximum absolute atomic E-state index is 13.1. The van der Waals surface area contributed by atoms with E-state index in [9.17, 15) is 14.0 Å². The average Bonchev–Trinajstić information content (AvgIpc) is 2.68. The predicted molar refractivity (Wildman–Crippen MR) is 104 cm³/mol. The third-order valence-electron chi connectivity index (χ3n) is 4.08. The first-order chi connectivity index (χ1) is 13.4. The molecule has 2 aromatic rings. The standard InChI is InChI=1S/C22H26FNO4/c1-16(2)12-13-27-21(25)20(14-17-8-10-19(23)11-9-17)24-22(26)28-15-18-6-4-3-5-7-18/h3-11,16,20H,12-15H2,1-2H3,(H,24,26). The Balaban J connectivity index is 1.96. The molecule has 0 bridgehead atoms. The molecule has 5 nitrogen and oxygen atoms in total. The van der Waals surface area contributed by atoms with E-state index in [1.165, 1.54) is 12.1 Å². The summed E-state index contributed by atoms with van der Waals surface area (Å²) in [4.78, 5) is 24.6. The van der Waals surface area contributed by atoms with E-state index in [2.05, 4.69) is 5.32 Å². The van der Waals surface area contributed by atoms with Crippen LogP contribution < -0.4 is 5.32 Å². The number of carbonyl (C=O) groups is 2. The predicted octanol–water partition coefficient (Wildman–Crippen LogP) is 4.25. The van der Waals surface area contributed by atoms with E-state index in [1.807, 2.05) is 44.2 Å². The van der Waals surface area contributed by atoms with E-state index >= 15 is 0 Å². The van der Waals surface area contributed by atoms with Crippen molar-refractivity contribution in [1.29, 1.82) is 0 Å². The van der Waals surface area contributed by atoms with Gasteiger partial charge in [0.25, 0.3) is 0 Å². The van der Waals surface area contributed by atoms with Crippen molar-refractivity contribution in [2.24, 2.45) is 5.92 Å². The van der Waals surface area contributed by atoms with Gasteiger partial charge in [-0.05, 0) is 35.6 Å². The van der Waals surface area contributed by atoms with Gasteiger partial charge in [0.15, 0.2) is 0 Å². The molecular formula is C22H26FNO4. The average molecular weight is 387 g/mol. The summed E-state index contributed by atoms with van der Waals surface area (Å²) in [5.41, 5.74) is 1.54. The van der Waals surface area contributed by atoms with Gasteiger partial charge < -0.3 is 14.8 Å². The molecule has 0 saturated carbocycles. The van der Waals surface area contributed by atoms with Crippen LogP contribution in [0.3, 0.4) is 0 Å². The summed E-state index contributed by atoms with van der Waals surface area (Å²) in [7, 11) is 0. The van der Waals surface area contributed by atoms with E-state index in [0.717, 1.165) is 12.0 Å². The normalized spacial score (nSPS) is 11.7. The number of carbonyl (C=O) groups excluding carboxylic acids is 2. The smallest absolute Gasteiger partial charge is 0.408 e. The number of alkyl carbamates (subject to hydrolysis) is 1. The molecule has 6 heteroatoms. The van der Waals surface area contributed by atoms with Gasteiger partial charge in [0.2, 0.25) is 0 Å². The van der Waals surface area contributed by atoms with Crippen molar-refractivity contribution in [1.82, 2.24) is 5.32 Å². The van der Waals surface area contributed by atoms with Crippen LogP contribution in [0, 0.1) is 11.7 Å². The first-order valence-corrected chi connectivity index (χ1v) is 9.32. The Morgan fingerprint density at radius 3 is 2.29 bits per heavy atom. The topological polar surface area (TPSA) is 64.6 Å². The number of esters is 1. The first-order valence-electron chi connectivity index (χ1n) is 9.32. The zero-order valence-corrected chi connectivity index (χ0v) is 16.2. The van der Waals surface area contributed by atoms with E-state index in [1.54, 1.807) is 12.1 Å². The monoisotopic (exact) mass is 387 g/mol. The van der Waals surface area contributed by atoms with Crippen molar-refractivity contribution in [3.8, 4) is 0 Å². The summed E-state index contributed by atoms with van der Waals surface area (Å²) in [5, 5.41) is 2.56. The molecule has 150 valence electrons. The zero-order chi connectivity index (χ0) is 20.4. The van der Waals surface area contributed by atoms with Crippen LogP contribution in [0.1, 0.15) is 31.4 Å². The SMILES string of the molecule is CC(C)CCOC(=O)C(Cc1ccc(F)cc1)NC(=O)OCc1ccccc1. The Morgan fingerprint density at radius 1 is 0.964 bits per heavy atom. The summed E-state index contributed by atoms with van der Waals surface area (Å²) in [6.45, 7) is 4.43. The van der Waals surface area contributed by atoms with Gasteiger partial charge >= 0.3 is 12.1 Å². The van der Waals surface area contributed by atoms with Crippen molar-refractivity contribution >= 4 is 12.1 Å². The second-order valence-electron chi connectivity index (χ2n) is 6.94. The van der Waals surface area contributed by atoms with Gasteiger partial charge in [0.1, 0.15) is 18.5 Å². The maximum atomic E-state index is 13.1. The molecule has 2 aromatic carbocycles. The van der Waals surface area contributed by atoms with Crippen LogP contribution in [0.2, 0.25) is 0 Å². The van der Waals surface area contributed by atoms with Gasteiger partial charge in [-0.15, -0.1) is 0 Å². The number of amides is 1. The molecule has 0 saturated heterocycles.